The van der Waals surface area contributed by atoms with E-state index in [-0.39, 0.29) is 10.6 Å². The van der Waals surface area contributed by atoms with Crippen molar-refractivity contribution in [3.63, 3.8) is 0 Å². The maximum absolute atomic E-state index is 12.3. The lowest BCUT2D eigenvalue weighted by Gasteiger charge is -2.34. The molecule has 1 fully saturated rings. The van der Waals surface area contributed by atoms with Crippen LogP contribution in [0, 0.1) is 28.9 Å². The zero-order valence-electron chi connectivity index (χ0n) is 15.1. The van der Waals surface area contributed by atoms with Crippen molar-refractivity contribution in [3.8, 4) is 0 Å². The molecule has 1 aromatic rings. The Morgan fingerprint density at radius 2 is 1.92 bits per heavy atom. The topological polar surface area (TPSA) is 92.6 Å². The molecule has 0 radical (unpaired) electrons. The average molecular weight is 369 g/mol. The standard InChI is InChI=1S/C17H27N3O4S/c1-13-9-14(2)12-19(11-13)8-4-7-18-25(23,24)16-6-5-15(3)17(10-16)20(21)22/h5-6,10,13-14,18H,4,7-9,11-12H2,1-3H3. The molecule has 1 saturated heterocycles. The SMILES string of the molecule is Cc1ccc(S(=O)(=O)NCCCN2CC(C)CC(C)C2)cc1[N+](=O)[O-]. The summed E-state index contributed by atoms with van der Waals surface area (Å²) in [6.45, 7) is 9.37. The van der Waals surface area contributed by atoms with Gasteiger partial charge in [-0.25, -0.2) is 13.1 Å². The normalized spacial score (nSPS) is 22.0. The second-order valence-electron chi connectivity index (χ2n) is 7.16. The number of nitrogens with zero attached hydrogens (tertiary/aromatic N) is 2. The maximum Gasteiger partial charge on any atom is 0.273 e. The third kappa shape index (κ3) is 5.49. The van der Waals surface area contributed by atoms with E-state index in [1.54, 1.807) is 6.92 Å². The zero-order chi connectivity index (χ0) is 18.6. The average Bonchev–Trinajstić information content (AvgIpc) is 2.50. The number of hydrogen-bond acceptors (Lipinski definition) is 5. The van der Waals surface area contributed by atoms with Crippen LogP contribution in [0.15, 0.2) is 23.1 Å². The molecule has 2 unspecified atom stereocenters. The fourth-order valence-electron chi connectivity index (χ4n) is 3.52. The van der Waals surface area contributed by atoms with Crippen molar-refractivity contribution in [1.82, 2.24) is 9.62 Å². The minimum atomic E-state index is -3.73. The van der Waals surface area contributed by atoms with E-state index in [0.717, 1.165) is 25.7 Å². The Bertz CT molecular complexity index is 711. The van der Waals surface area contributed by atoms with Crippen LogP contribution in [0.5, 0.6) is 0 Å². The van der Waals surface area contributed by atoms with Gasteiger partial charge in [-0.1, -0.05) is 19.9 Å². The third-order valence-corrected chi connectivity index (χ3v) is 6.03. The first-order valence-electron chi connectivity index (χ1n) is 8.66. The quantitative estimate of drug-likeness (QED) is 0.453. The van der Waals surface area contributed by atoms with Crippen LogP contribution in [0.1, 0.15) is 32.3 Å². The van der Waals surface area contributed by atoms with Gasteiger partial charge in [0, 0.05) is 31.3 Å². The Labute approximate surface area is 149 Å². The fourth-order valence-corrected chi connectivity index (χ4v) is 4.61. The van der Waals surface area contributed by atoms with Gasteiger partial charge in [0.25, 0.3) is 5.69 Å². The summed E-state index contributed by atoms with van der Waals surface area (Å²) in [6.07, 6.45) is 1.96. The van der Waals surface area contributed by atoms with Crippen LogP contribution in [-0.4, -0.2) is 44.4 Å². The second-order valence-corrected chi connectivity index (χ2v) is 8.93. The lowest BCUT2D eigenvalue weighted by Crippen LogP contribution is -2.40. The molecule has 7 nitrogen and oxygen atoms in total. The Balaban J connectivity index is 1.89. The summed E-state index contributed by atoms with van der Waals surface area (Å²) < 4.78 is 27.2. The summed E-state index contributed by atoms with van der Waals surface area (Å²) in [5.41, 5.74) is 0.261. The molecular formula is C17H27N3O4S. The fraction of sp³-hybridized carbons (Fsp3) is 0.647. The lowest BCUT2D eigenvalue weighted by atomic mass is 9.92. The molecule has 1 aromatic carbocycles. The van der Waals surface area contributed by atoms with E-state index in [9.17, 15) is 18.5 Å². The van der Waals surface area contributed by atoms with E-state index in [1.165, 1.54) is 18.6 Å². The number of rotatable bonds is 7. The number of sulfonamides is 1. The number of nitro benzene ring substituents is 1. The van der Waals surface area contributed by atoms with Gasteiger partial charge >= 0.3 is 0 Å². The molecule has 2 rings (SSSR count). The number of nitro groups is 1. The first-order valence-corrected chi connectivity index (χ1v) is 10.1. The molecule has 0 aromatic heterocycles. The van der Waals surface area contributed by atoms with Crippen LogP contribution >= 0.6 is 0 Å². The van der Waals surface area contributed by atoms with E-state index in [0.29, 0.717) is 30.4 Å². The van der Waals surface area contributed by atoms with Crippen LogP contribution in [0.4, 0.5) is 5.69 Å². The van der Waals surface area contributed by atoms with Gasteiger partial charge in [0.15, 0.2) is 0 Å². The Morgan fingerprint density at radius 1 is 1.28 bits per heavy atom. The lowest BCUT2D eigenvalue weighted by molar-refractivity contribution is -0.385. The summed E-state index contributed by atoms with van der Waals surface area (Å²) in [5.74, 6) is 1.35. The Morgan fingerprint density at radius 3 is 2.52 bits per heavy atom. The van der Waals surface area contributed by atoms with Crippen molar-refractivity contribution in [2.24, 2.45) is 11.8 Å². The van der Waals surface area contributed by atoms with Crippen molar-refractivity contribution in [2.75, 3.05) is 26.2 Å². The van der Waals surface area contributed by atoms with Crippen LogP contribution < -0.4 is 4.72 Å². The van der Waals surface area contributed by atoms with Crippen molar-refractivity contribution in [1.29, 1.82) is 0 Å². The highest BCUT2D eigenvalue weighted by molar-refractivity contribution is 7.89. The number of aryl methyl sites for hydroxylation is 1. The first kappa shape index (κ1) is 19.8. The highest BCUT2D eigenvalue weighted by atomic mass is 32.2. The predicted octanol–water partition coefficient (Wildman–Crippen LogP) is 2.55. The molecule has 2 atom stereocenters. The number of benzene rings is 1. The van der Waals surface area contributed by atoms with Crippen molar-refractivity contribution in [2.45, 2.75) is 38.5 Å². The highest BCUT2D eigenvalue weighted by Gasteiger charge is 2.22. The summed E-state index contributed by atoms with van der Waals surface area (Å²) in [4.78, 5) is 12.7. The van der Waals surface area contributed by atoms with Crippen LogP contribution in [0.3, 0.4) is 0 Å². The molecular weight excluding hydrogens is 342 g/mol. The highest BCUT2D eigenvalue weighted by Crippen LogP contribution is 2.22. The molecule has 1 aliphatic rings. The van der Waals surface area contributed by atoms with Gasteiger partial charge in [-0.3, -0.25) is 10.1 Å². The van der Waals surface area contributed by atoms with Gasteiger partial charge in [0.05, 0.1) is 9.82 Å². The van der Waals surface area contributed by atoms with Gasteiger partial charge in [-0.15, -0.1) is 0 Å². The van der Waals surface area contributed by atoms with Crippen LogP contribution in [0.25, 0.3) is 0 Å². The van der Waals surface area contributed by atoms with Gasteiger partial charge in [-0.2, -0.15) is 0 Å². The second kappa shape index (κ2) is 8.25. The van der Waals surface area contributed by atoms with E-state index in [4.69, 9.17) is 0 Å². The van der Waals surface area contributed by atoms with Gasteiger partial charge < -0.3 is 4.90 Å². The Hall–Kier alpha value is -1.51. The summed E-state index contributed by atoms with van der Waals surface area (Å²) in [7, 11) is -3.73. The van der Waals surface area contributed by atoms with Crippen molar-refractivity contribution >= 4 is 15.7 Å². The van der Waals surface area contributed by atoms with E-state index < -0.39 is 14.9 Å². The predicted molar refractivity (Wildman–Crippen MR) is 97.0 cm³/mol. The third-order valence-electron chi connectivity index (χ3n) is 4.58. The number of likely N-dealkylation sites (tertiary alicyclic amines) is 1. The molecule has 1 N–H and O–H groups in total. The molecule has 0 amide bonds. The molecule has 0 aliphatic carbocycles. The van der Waals surface area contributed by atoms with Crippen molar-refractivity contribution < 1.29 is 13.3 Å². The maximum atomic E-state index is 12.3. The number of piperidine rings is 1. The minimum absolute atomic E-state index is 0.0648. The minimum Gasteiger partial charge on any atom is -0.303 e. The van der Waals surface area contributed by atoms with Crippen LogP contribution in [-0.2, 0) is 10.0 Å². The first-order chi connectivity index (χ1) is 11.7. The molecule has 0 bridgehead atoms. The summed E-state index contributed by atoms with van der Waals surface area (Å²) in [5, 5.41) is 11.0. The molecule has 25 heavy (non-hydrogen) atoms. The van der Waals surface area contributed by atoms with Gasteiger partial charge in [0.1, 0.15) is 0 Å². The Kier molecular flexibility index (Phi) is 6.53. The monoisotopic (exact) mass is 369 g/mol. The summed E-state index contributed by atoms with van der Waals surface area (Å²) >= 11 is 0. The molecule has 1 aliphatic heterocycles. The largest absolute Gasteiger partial charge is 0.303 e. The summed E-state index contributed by atoms with van der Waals surface area (Å²) in [6, 6.07) is 3.98. The number of hydrogen-bond donors (Lipinski definition) is 1. The molecule has 0 spiro atoms. The van der Waals surface area contributed by atoms with Gasteiger partial charge in [0.2, 0.25) is 10.0 Å². The van der Waals surface area contributed by atoms with E-state index >= 15 is 0 Å². The van der Waals surface area contributed by atoms with Crippen molar-refractivity contribution in [3.05, 3.63) is 33.9 Å². The van der Waals surface area contributed by atoms with Crippen LogP contribution in [0.2, 0.25) is 0 Å². The van der Waals surface area contributed by atoms with E-state index in [1.807, 2.05) is 0 Å². The number of nitrogens with one attached hydrogen (secondary N) is 1. The van der Waals surface area contributed by atoms with E-state index in [2.05, 4.69) is 23.5 Å². The molecule has 0 saturated carbocycles. The smallest absolute Gasteiger partial charge is 0.273 e. The zero-order valence-corrected chi connectivity index (χ0v) is 15.9. The van der Waals surface area contributed by atoms with Gasteiger partial charge in [-0.05, 0) is 44.2 Å². The molecule has 1 heterocycles. The molecule has 140 valence electrons. The molecule has 8 heteroatoms.